The van der Waals surface area contributed by atoms with Gasteiger partial charge in [0.1, 0.15) is 11.5 Å². The molecule has 1 atom stereocenters. The molecule has 5 nitrogen and oxygen atoms in total. The number of allylic oxidation sites excluding steroid dienone is 3. The van der Waals surface area contributed by atoms with Gasteiger partial charge in [-0.2, -0.15) is 26.3 Å². The lowest BCUT2D eigenvalue weighted by atomic mass is 10.0. The second kappa shape index (κ2) is 11.1. The molecule has 0 fully saturated rings. The Labute approximate surface area is 180 Å². The number of benzene rings is 1. The average molecular weight is 464 g/mol. The molecule has 1 aromatic rings. The predicted molar refractivity (Wildman–Crippen MR) is 105 cm³/mol. The second-order valence-corrected chi connectivity index (χ2v) is 7.07. The fourth-order valence-corrected chi connectivity index (χ4v) is 2.77. The van der Waals surface area contributed by atoms with Gasteiger partial charge in [0.2, 0.25) is 0 Å². The molecule has 1 heterocycles. The Morgan fingerprint density at radius 1 is 1.12 bits per heavy atom. The summed E-state index contributed by atoms with van der Waals surface area (Å²) in [5, 5.41) is 2.70. The van der Waals surface area contributed by atoms with Gasteiger partial charge in [0, 0.05) is 6.04 Å². The van der Waals surface area contributed by atoms with E-state index in [1.54, 1.807) is 0 Å². The van der Waals surface area contributed by atoms with Crippen molar-refractivity contribution in [3.8, 4) is 5.75 Å². The monoisotopic (exact) mass is 464 g/mol. The van der Waals surface area contributed by atoms with E-state index < -0.39 is 43.1 Å². The lowest BCUT2D eigenvalue weighted by molar-refractivity contribution is -0.163. The summed E-state index contributed by atoms with van der Waals surface area (Å²) in [6.45, 7) is 2.00. The topological polar surface area (TPSA) is 59.9 Å². The Hall–Kier alpha value is -2.98. The lowest BCUT2D eigenvalue weighted by Gasteiger charge is -2.18. The number of hydrogen-bond acceptors (Lipinski definition) is 4. The Kier molecular flexibility index (Phi) is 8.73. The summed E-state index contributed by atoms with van der Waals surface area (Å²) in [6, 6.07) is 3.52. The van der Waals surface area contributed by atoms with Gasteiger partial charge in [0.15, 0.2) is 13.2 Å². The lowest BCUT2D eigenvalue weighted by Crippen LogP contribution is -2.40. The minimum Gasteiger partial charge on any atom is -0.484 e. The number of carbonyl (C=O) groups excluding carboxylic acids is 1. The van der Waals surface area contributed by atoms with E-state index >= 15 is 0 Å². The number of nitrogens with zero attached hydrogens (tertiary/aromatic N) is 1. The molecule has 1 N–H and O–H groups in total. The summed E-state index contributed by atoms with van der Waals surface area (Å²) in [5.41, 5.74) is -0.269. The number of nitrogens with one attached hydrogen (secondary N) is 1. The Balaban J connectivity index is 1.88. The molecule has 11 heteroatoms. The number of carbonyl (C=O) groups is 1. The molecule has 1 aliphatic rings. The SMILES string of the molecule is C=C1/C=C(OCC(F)(F)F)\C=N/CC(NC(=O)COc2ccc(C(F)(F)F)cc2)CCC1. The molecule has 176 valence electrons. The van der Waals surface area contributed by atoms with Crippen molar-refractivity contribution < 1.29 is 40.6 Å². The van der Waals surface area contributed by atoms with Gasteiger partial charge in [0.05, 0.1) is 18.3 Å². The van der Waals surface area contributed by atoms with Gasteiger partial charge in [-0.1, -0.05) is 12.2 Å². The van der Waals surface area contributed by atoms with Crippen LogP contribution in [0.5, 0.6) is 5.75 Å². The van der Waals surface area contributed by atoms with Crippen LogP contribution in [0.15, 0.2) is 53.2 Å². The highest BCUT2D eigenvalue weighted by atomic mass is 19.4. The predicted octanol–water partition coefficient (Wildman–Crippen LogP) is 4.84. The molecular weight excluding hydrogens is 442 g/mol. The first-order valence-corrected chi connectivity index (χ1v) is 9.60. The van der Waals surface area contributed by atoms with Crippen LogP contribution in [0.4, 0.5) is 26.3 Å². The normalized spacial score (nSPS) is 20.6. The van der Waals surface area contributed by atoms with E-state index in [2.05, 4.69) is 16.9 Å². The standard InChI is InChI=1S/C21H22F6N2O3/c1-14-3-2-4-16(10-28-11-18(9-14)32-13-20(22,23)24)29-19(30)12-31-17-7-5-15(6-8-17)21(25,26)27/h5-9,11,16H,1-4,10,12-13H2,(H,29,30)/b18-9+,28-11-. The zero-order valence-electron chi connectivity index (χ0n) is 16.9. The third-order valence-electron chi connectivity index (χ3n) is 4.26. The Bertz CT molecular complexity index is 845. The van der Waals surface area contributed by atoms with E-state index in [1.807, 2.05) is 0 Å². The first-order chi connectivity index (χ1) is 14.9. The van der Waals surface area contributed by atoms with E-state index in [1.165, 1.54) is 6.08 Å². The van der Waals surface area contributed by atoms with Gasteiger partial charge < -0.3 is 14.8 Å². The van der Waals surface area contributed by atoms with Crippen molar-refractivity contribution >= 4 is 12.1 Å². The van der Waals surface area contributed by atoms with Crippen molar-refractivity contribution in [2.24, 2.45) is 4.99 Å². The molecule has 1 amide bonds. The number of amides is 1. The molecule has 0 saturated carbocycles. The highest BCUT2D eigenvalue weighted by Crippen LogP contribution is 2.30. The van der Waals surface area contributed by atoms with Crippen LogP contribution in [0.2, 0.25) is 0 Å². The van der Waals surface area contributed by atoms with Gasteiger partial charge >= 0.3 is 12.4 Å². The van der Waals surface area contributed by atoms with E-state index in [0.717, 1.165) is 30.5 Å². The minimum atomic E-state index is -4.49. The zero-order valence-corrected chi connectivity index (χ0v) is 16.9. The van der Waals surface area contributed by atoms with Crippen LogP contribution in [0, 0.1) is 0 Å². The van der Waals surface area contributed by atoms with Gasteiger partial charge in [-0.15, -0.1) is 0 Å². The number of ether oxygens (including phenoxy) is 2. The van der Waals surface area contributed by atoms with Crippen molar-refractivity contribution in [2.75, 3.05) is 19.8 Å². The van der Waals surface area contributed by atoms with Crippen molar-refractivity contribution in [1.82, 2.24) is 5.32 Å². The number of aliphatic imine (C=N–C) groups is 1. The highest BCUT2D eigenvalue weighted by Gasteiger charge is 2.30. The number of rotatable bonds is 6. The summed E-state index contributed by atoms with van der Waals surface area (Å²) in [4.78, 5) is 16.2. The summed E-state index contributed by atoms with van der Waals surface area (Å²) in [5.74, 6) is -0.486. The van der Waals surface area contributed by atoms with E-state index in [9.17, 15) is 31.1 Å². The van der Waals surface area contributed by atoms with E-state index in [0.29, 0.717) is 24.8 Å². The third kappa shape index (κ3) is 9.44. The largest absolute Gasteiger partial charge is 0.484 e. The molecular formula is C21H22F6N2O3. The van der Waals surface area contributed by atoms with Crippen LogP contribution in [0.25, 0.3) is 0 Å². The molecule has 0 spiro atoms. The molecule has 2 rings (SSSR count). The Morgan fingerprint density at radius 3 is 2.44 bits per heavy atom. The van der Waals surface area contributed by atoms with Crippen LogP contribution in [-0.4, -0.2) is 44.1 Å². The molecule has 0 aromatic heterocycles. The first-order valence-electron chi connectivity index (χ1n) is 9.60. The number of alkyl halides is 6. The summed E-state index contributed by atoms with van der Waals surface area (Å²) < 4.78 is 84.8. The maximum atomic E-state index is 12.6. The maximum Gasteiger partial charge on any atom is 0.422 e. The van der Waals surface area contributed by atoms with Crippen molar-refractivity contribution in [2.45, 2.75) is 37.7 Å². The second-order valence-electron chi connectivity index (χ2n) is 7.07. The fraction of sp³-hybridized carbons (Fsp3) is 0.429. The van der Waals surface area contributed by atoms with E-state index in [-0.39, 0.29) is 18.1 Å². The van der Waals surface area contributed by atoms with Crippen LogP contribution >= 0.6 is 0 Å². The highest BCUT2D eigenvalue weighted by molar-refractivity contribution is 5.78. The summed E-state index contributed by atoms with van der Waals surface area (Å²) in [6.07, 6.45) is -4.79. The molecule has 1 unspecified atom stereocenters. The van der Waals surface area contributed by atoms with Crippen LogP contribution < -0.4 is 10.1 Å². The maximum absolute atomic E-state index is 12.6. The summed E-state index contributed by atoms with van der Waals surface area (Å²) >= 11 is 0. The van der Waals surface area contributed by atoms with Gasteiger partial charge in [-0.05, 0) is 49.6 Å². The Morgan fingerprint density at radius 2 is 1.81 bits per heavy atom. The quantitative estimate of drug-likeness (QED) is 0.613. The average Bonchev–Trinajstić information content (AvgIpc) is 2.69. The molecule has 1 aliphatic heterocycles. The molecule has 32 heavy (non-hydrogen) atoms. The van der Waals surface area contributed by atoms with Crippen LogP contribution in [0.3, 0.4) is 0 Å². The van der Waals surface area contributed by atoms with Crippen molar-refractivity contribution in [3.05, 3.63) is 53.8 Å². The number of halogens is 6. The van der Waals surface area contributed by atoms with Crippen molar-refractivity contribution in [3.63, 3.8) is 0 Å². The van der Waals surface area contributed by atoms with Crippen molar-refractivity contribution in [1.29, 1.82) is 0 Å². The fourth-order valence-electron chi connectivity index (χ4n) is 2.77. The molecule has 1 aromatic carbocycles. The van der Waals surface area contributed by atoms with E-state index in [4.69, 9.17) is 9.47 Å². The number of hydrogen-bond donors (Lipinski definition) is 1. The van der Waals surface area contributed by atoms with Crippen LogP contribution in [0.1, 0.15) is 24.8 Å². The molecule has 0 bridgehead atoms. The summed E-state index contributed by atoms with van der Waals surface area (Å²) in [7, 11) is 0. The first kappa shape index (κ1) is 25.3. The molecule has 0 saturated heterocycles. The molecule has 0 radical (unpaired) electrons. The minimum absolute atomic E-state index is 0.0788. The zero-order chi connectivity index (χ0) is 23.8. The van der Waals surface area contributed by atoms with Gasteiger partial charge in [-0.25, -0.2) is 0 Å². The van der Waals surface area contributed by atoms with Gasteiger partial charge in [-0.3, -0.25) is 9.79 Å². The smallest absolute Gasteiger partial charge is 0.422 e. The van der Waals surface area contributed by atoms with Crippen LogP contribution in [-0.2, 0) is 15.7 Å². The molecule has 0 aliphatic carbocycles. The van der Waals surface area contributed by atoms with Gasteiger partial charge in [0.25, 0.3) is 5.91 Å². The third-order valence-corrected chi connectivity index (χ3v) is 4.26.